The molecule has 3 nitrogen and oxygen atoms in total. The van der Waals surface area contributed by atoms with E-state index in [1.807, 2.05) is 24.0 Å². The van der Waals surface area contributed by atoms with Crippen LogP contribution in [-0.4, -0.2) is 29.9 Å². The maximum Gasteiger partial charge on any atom is 0.219 e. The summed E-state index contributed by atoms with van der Waals surface area (Å²) < 4.78 is 0. The predicted molar refractivity (Wildman–Crippen MR) is 75.1 cm³/mol. The lowest BCUT2D eigenvalue weighted by Crippen LogP contribution is -2.41. The number of likely N-dealkylation sites (tertiary alicyclic amines) is 1. The van der Waals surface area contributed by atoms with Gasteiger partial charge in [-0.05, 0) is 37.5 Å². The second-order valence-corrected chi connectivity index (χ2v) is 5.24. The molecule has 1 fully saturated rings. The monoisotopic (exact) mass is 266 g/mol. The number of carbonyl (C=O) groups excluding carboxylic acids is 1. The Hall–Kier alpha value is -1.22. The van der Waals surface area contributed by atoms with Gasteiger partial charge in [0.2, 0.25) is 5.91 Å². The number of benzene rings is 1. The first-order chi connectivity index (χ1) is 8.58. The Morgan fingerprint density at radius 1 is 1.39 bits per heavy atom. The van der Waals surface area contributed by atoms with Gasteiger partial charge in [-0.3, -0.25) is 4.79 Å². The fourth-order valence-electron chi connectivity index (χ4n) is 2.32. The lowest BCUT2D eigenvalue weighted by molar-refractivity contribution is -0.129. The van der Waals surface area contributed by atoms with Gasteiger partial charge in [0.25, 0.3) is 0 Å². The summed E-state index contributed by atoms with van der Waals surface area (Å²) in [6, 6.07) is 6.35. The number of carbonyl (C=O) groups is 1. The summed E-state index contributed by atoms with van der Waals surface area (Å²) in [4.78, 5) is 13.2. The summed E-state index contributed by atoms with van der Waals surface area (Å²) in [5.74, 6) is 0.174. The molecule has 0 aliphatic carbocycles. The fraction of sp³-hybridized carbons (Fsp3) is 0.500. The van der Waals surface area contributed by atoms with Gasteiger partial charge < -0.3 is 10.2 Å². The minimum Gasteiger partial charge on any atom is -0.382 e. The van der Waals surface area contributed by atoms with E-state index in [2.05, 4.69) is 11.4 Å². The number of anilines is 1. The van der Waals surface area contributed by atoms with Crippen molar-refractivity contribution in [2.75, 3.05) is 18.4 Å². The van der Waals surface area contributed by atoms with Gasteiger partial charge in [0.15, 0.2) is 0 Å². The van der Waals surface area contributed by atoms with Crippen LogP contribution in [-0.2, 0) is 4.79 Å². The van der Waals surface area contributed by atoms with Crippen molar-refractivity contribution in [1.82, 2.24) is 4.90 Å². The van der Waals surface area contributed by atoms with Gasteiger partial charge >= 0.3 is 0 Å². The molecule has 0 unspecified atom stereocenters. The second kappa shape index (κ2) is 5.61. The summed E-state index contributed by atoms with van der Waals surface area (Å²) in [5, 5.41) is 4.32. The number of rotatable bonds is 2. The highest BCUT2D eigenvalue weighted by atomic mass is 35.5. The zero-order valence-corrected chi connectivity index (χ0v) is 11.6. The Bertz CT molecular complexity index is 439. The number of hydrogen-bond acceptors (Lipinski definition) is 2. The van der Waals surface area contributed by atoms with Gasteiger partial charge in [-0.2, -0.15) is 0 Å². The molecule has 1 aliphatic heterocycles. The first-order valence-corrected chi connectivity index (χ1v) is 6.73. The quantitative estimate of drug-likeness (QED) is 0.892. The number of halogens is 1. The number of nitrogens with zero attached hydrogens (tertiary/aromatic N) is 1. The molecule has 1 aromatic carbocycles. The Labute approximate surface area is 113 Å². The largest absolute Gasteiger partial charge is 0.382 e. The van der Waals surface area contributed by atoms with Crippen molar-refractivity contribution in [3.63, 3.8) is 0 Å². The van der Waals surface area contributed by atoms with E-state index in [1.165, 1.54) is 0 Å². The molecule has 0 aromatic heterocycles. The third-order valence-corrected chi connectivity index (χ3v) is 3.98. The SMILES string of the molecule is CC(=O)N1CCC(Nc2cccc(Cl)c2C)CC1. The fourth-order valence-corrected chi connectivity index (χ4v) is 2.50. The van der Waals surface area contributed by atoms with E-state index in [4.69, 9.17) is 11.6 Å². The van der Waals surface area contributed by atoms with Crippen LogP contribution in [0.2, 0.25) is 5.02 Å². The van der Waals surface area contributed by atoms with E-state index in [1.54, 1.807) is 6.92 Å². The molecule has 0 spiro atoms. The van der Waals surface area contributed by atoms with Crippen molar-refractivity contribution in [3.8, 4) is 0 Å². The first kappa shape index (κ1) is 13.2. The molecule has 2 rings (SSSR count). The molecule has 1 aliphatic rings. The van der Waals surface area contributed by atoms with Crippen LogP contribution in [0.4, 0.5) is 5.69 Å². The molecule has 0 saturated carbocycles. The number of piperidine rings is 1. The molecule has 0 atom stereocenters. The van der Waals surface area contributed by atoms with Crippen molar-refractivity contribution in [3.05, 3.63) is 28.8 Å². The van der Waals surface area contributed by atoms with Crippen LogP contribution in [0.1, 0.15) is 25.3 Å². The first-order valence-electron chi connectivity index (χ1n) is 6.35. The van der Waals surface area contributed by atoms with Crippen molar-refractivity contribution in [2.45, 2.75) is 32.7 Å². The molecule has 1 saturated heterocycles. The molecule has 1 N–H and O–H groups in total. The van der Waals surface area contributed by atoms with Crippen LogP contribution in [0.15, 0.2) is 18.2 Å². The maximum atomic E-state index is 11.3. The Morgan fingerprint density at radius 3 is 2.67 bits per heavy atom. The van der Waals surface area contributed by atoms with Crippen molar-refractivity contribution in [1.29, 1.82) is 0 Å². The molecular formula is C14H19ClN2O. The average Bonchev–Trinajstić information content (AvgIpc) is 2.36. The Kier molecular flexibility index (Phi) is 4.12. The molecule has 98 valence electrons. The molecular weight excluding hydrogens is 248 g/mol. The average molecular weight is 267 g/mol. The minimum absolute atomic E-state index is 0.174. The second-order valence-electron chi connectivity index (χ2n) is 4.84. The summed E-state index contributed by atoms with van der Waals surface area (Å²) in [7, 11) is 0. The smallest absolute Gasteiger partial charge is 0.219 e. The van der Waals surface area contributed by atoms with Gasteiger partial charge in [-0.1, -0.05) is 17.7 Å². The molecule has 18 heavy (non-hydrogen) atoms. The van der Waals surface area contributed by atoms with Crippen LogP contribution < -0.4 is 5.32 Å². The van der Waals surface area contributed by atoms with Crippen molar-refractivity contribution >= 4 is 23.2 Å². The van der Waals surface area contributed by atoms with E-state index >= 15 is 0 Å². The van der Waals surface area contributed by atoms with E-state index in [0.29, 0.717) is 6.04 Å². The van der Waals surface area contributed by atoms with E-state index in [-0.39, 0.29) is 5.91 Å². The topological polar surface area (TPSA) is 32.3 Å². The van der Waals surface area contributed by atoms with Crippen LogP contribution in [0.25, 0.3) is 0 Å². The number of nitrogens with one attached hydrogen (secondary N) is 1. The van der Waals surface area contributed by atoms with Gasteiger partial charge in [-0.15, -0.1) is 0 Å². The predicted octanol–water partition coefficient (Wildman–Crippen LogP) is 3.07. The molecule has 1 aromatic rings. The van der Waals surface area contributed by atoms with Crippen molar-refractivity contribution in [2.24, 2.45) is 0 Å². The lowest BCUT2D eigenvalue weighted by Gasteiger charge is -2.32. The highest BCUT2D eigenvalue weighted by molar-refractivity contribution is 6.31. The zero-order chi connectivity index (χ0) is 13.1. The lowest BCUT2D eigenvalue weighted by atomic mass is 10.0. The molecule has 4 heteroatoms. The summed E-state index contributed by atoms with van der Waals surface area (Å²) in [5.41, 5.74) is 2.19. The number of amides is 1. The van der Waals surface area contributed by atoms with E-state index in [9.17, 15) is 4.79 Å². The third-order valence-electron chi connectivity index (χ3n) is 3.57. The standard InChI is InChI=1S/C14H19ClN2O/c1-10-13(15)4-3-5-14(10)16-12-6-8-17(9-7-12)11(2)18/h3-5,12,16H,6-9H2,1-2H3. The van der Waals surface area contributed by atoms with Crippen LogP contribution in [0.3, 0.4) is 0 Å². The Morgan fingerprint density at radius 2 is 2.06 bits per heavy atom. The summed E-state index contributed by atoms with van der Waals surface area (Å²) in [6.07, 6.45) is 1.98. The Balaban J connectivity index is 1.96. The minimum atomic E-state index is 0.174. The van der Waals surface area contributed by atoms with E-state index in [0.717, 1.165) is 42.2 Å². The third kappa shape index (κ3) is 2.96. The summed E-state index contributed by atoms with van der Waals surface area (Å²) in [6.45, 7) is 5.34. The molecule has 1 heterocycles. The zero-order valence-electron chi connectivity index (χ0n) is 10.9. The van der Waals surface area contributed by atoms with Gasteiger partial charge in [0.05, 0.1) is 0 Å². The van der Waals surface area contributed by atoms with Crippen LogP contribution in [0, 0.1) is 6.92 Å². The normalized spacial score (nSPS) is 16.7. The molecule has 1 amide bonds. The van der Waals surface area contributed by atoms with Gasteiger partial charge in [0.1, 0.15) is 0 Å². The molecule has 0 radical (unpaired) electrons. The van der Waals surface area contributed by atoms with Crippen molar-refractivity contribution < 1.29 is 4.79 Å². The van der Waals surface area contributed by atoms with E-state index < -0.39 is 0 Å². The summed E-state index contributed by atoms with van der Waals surface area (Å²) >= 11 is 6.10. The highest BCUT2D eigenvalue weighted by Gasteiger charge is 2.20. The number of hydrogen-bond donors (Lipinski definition) is 1. The van der Waals surface area contributed by atoms with Gasteiger partial charge in [-0.25, -0.2) is 0 Å². The van der Waals surface area contributed by atoms with Crippen LogP contribution in [0.5, 0.6) is 0 Å². The highest BCUT2D eigenvalue weighted by Crippen LogP contribution is 2.25. The van der Waals surface area contributed by atoms with Gasteiger partial charge in [0, 0.05) is 36.8 Å². The maximum absolute atomic E-state index is 11.3. The molecule has 0 bridgehead atoms. The van der Waals surface area contributed by atoms with Crippen LogP contribution >= 0.6 is 11.6 Å².